The summed E-state index contributed by atoms with van der Waals surface area (Å²) < 4.78 is 32.6. The molecule has 2 aromatic carbocycles. The molecule has 0 unspecified atom stereocenters. The van der Waals surface area contributed by atoms with E-state index < -0.39 is 10.0 Å². The van der Waals surface area contributed by atoms with E-state index in [1.165, 1.54) is 4.31 Å². The van der Waals surface area contributed by atoms with Crippen LogP contribution in [0.2, 0.25) is 0 Å². The number of sulfonamides is 1. The molecule has 0 bridgehead atoms. The minimum Gasteiger partial charge on any atom is -0.334 e. The molecule has 6 nitrogen and oxygen atoms in total. The zero-order valence-corrected chi connectivity index (χ0v) is 16.8. The third kappa shape index (κ3) is 4.20. The normalized spacial score (nSPS) is 11.8. The highest BCUT2D eigenvalue weighted by molar-refractivity contribution is 9.10. The molecule has 3 aromatic rings. The Balaban J connectivity index is 1.68. The lowest BCUT2D eigenvalue weighted by atomic mass is 10.1. The van der Waals surface area contributed by atoms with Crippen LogP contribution in [0.25, 0.3) is 11.5 Å². The second-order valence-electron chi connectivity index (χ2n) is 5.92. The Morgan fingerprint density at radius 2 is 1.88 bits per heavy atom. The molecule has 0 saturated heterocycles. The number of rotatable bonds is 6. The van der Waals surface area contributed by atoms with E-state index in [0.29, 0.717) is 18.1 Å². The van der Waals surface area contributed by atoms with Crippen LogP contribution in [0.4, 0.5) is 0 Å². The zero-order valence-electron chi connectivity index (χ0n) is 14.4. The van der Waals surface area contributed by atoms with Crippen molar-refractivity contribution in [3.05, 3.63) is 64.4 Å². The summed E-state index contributed by atoms with van der Waals surface area (Å²) in [7, 11) is -2.01. The number of halogens is 1. The lowest BCUT2D eigenvalue weighted by molar-refractivity contribution is 0.415. The number of hydrogen-bond acceptors (Lipinski definition) is 5. The largest absolute Gasteiger partial charge is 0.334 e. The molecule has 136 valence electrons. The van der Waals surface area contributed by atoms with Crippen LogP contribution < -0.4 is 0 Å². The Labute approximate surface area is 161 Å². The predicted molar refractivity (Wildman–Crippen MR) is 102 cm³/mol. The van der Waals surface area contributed by atoms with Crippen molar-refractivity contribution in [2.24, 2.45) is 0 Å². The average Bonchev–Trinajstić information content (AvgIpc) is 3.09. The third-order valence-corrected chi connectivity index (χ3v) is 6.30. The van der Waals surface area contributed by atoms with Crippen molar-refractivity contribution in [3.63, 3.8) is 0 Å². The number of benzene rings is 2. The summed E-state index contributed by atoms with van der Waals surface area (Å²) in [5, 5.41) is 3.95. The standard InChI is InChI=1S/C18H18BrN3O3S/c1-13-4-3-5-14(12-13)18-20-17(21-25-18)10-11-22(2)26(23,24)16-8-6-15(19)7-9-16/h3-9,12H,10-11H2,1-2H3. The Kier molecular flexibility index (Phi) is 5.55. The van der Waals surface area contributed by atoms with Gasteiger partial charge in [-0.2, -0.15) is 4.98 Å². The first-order chi connectivity index (χ1) is 12.4. The van der Waals surface area contributed by atoms with Crippen LogP contribution >= 0.6 is 15.9 Å². The molecule has 0 saturated carbocycles. The van der Waals surface area contributed by atoms with Gasteiger partial charge in [-0.3, -0.25) is 0 Å². The highest BCUT2D eigenvalue weighted by Crippen LogP contribution is 2.20. The molecule has 1 aromatic heterocycles. The Morgan fingerprint density at radius 3 is 2.58 bits per heavy atom. The second kappa shape index (κ2) is 7.69. The summed E-state index contributed by atoms with van der Waals surface area (Å²) in [6, 6.07) is 14.3. The number of hydrogen-bond donors (Lipinski definition) is 0. The fourth-order valence-corrected chi connectivity index (χ4v) is 3.85. The molecular formula is C18H18BrN3O3S. The minimum atomic E-state index is -3.55. The number of aromatic nitrogens is 2. The van der Waals surface area contributed by atoms with Crippen molar-refractivity contribution >= 4 is 26.0 Å². The van der Waals surface area contributed by atoms with E-state index in [1.807, 2.05) is 31.2 Å². The first-order valence-corrected chi connectivity index (χ1v) is 10.2. The Hall–Kier alpha value is -2.03. The number of likely N-dealkylation sites (N-methyl/N-ethyl adjacent to an activating group) is 1. The molecule has 8 heteroatoms. The fourth-order valence-electron chi connectivity index (χ4n) is 2.41. The van der Waals surface area contributed by atoms with E-state index in [0.717, 1.165) is 15.6 Å². The molecule has 3 rings (SSSR count). The zero-order chi connectivity index (χ0) is 18.7. The molecule has 0 aliphatic carbocycles. The topological polar surface area (TPSA) is 76.3 Å². The van der Waals surface area contributed by atoms with Crippen LogP contribution in [-0.2, 0) is 16.4 Å². The lowest BCUT2D eigenvalue weighted by Gasteiger charge is -2.16. The van der Waals surface area contributed by atoms with E-state index in [9.17, 15) is 8.42 Å². The van der Waals surface area contributed by atoms with Crippen LogP contribution in [0.5, 0.6) is 0 Å². The maximum atomic E-state index is 12.6. The summed E-state index contributed by atoms with van der Waals surface area (Å²) in [6.07, 6.45) is 0.363. The highest BCUT2D eigenvalue weighted by Gasteiger charge is 2.21. The van der Waals surface area contributed by atoms with Gasteiger partial charge in [-0.25, -0.2) is 12.7 Å². The van der Waals surface area contributed by atoms with Gasteiger partial charge in [-0.15, -0.1) is 0 Å². The summed E-state index contributed by atoms with van der Waals surface area (Å²) in [6.45, 7) is 2.24. The number of aryl methyl sites for hydroxylation is 1. The monoisotopic (exact) mass is 435 g/mol. The summed E-state index contributed by atoms with van der Waals surface area (Å²) in [4.78, 5) is 4.60. The highest BCUT2D eigenvalue weighted by atomic mass is 79.9. The molecular weight excluding hydrogens is 418 g/mol. The van der Waals surface area contributed by atoms with Gasteiger partial charge < -0.3 is 4.52 Å². The van der Waals surface area contributed by atoms with E-state index >= 15 is 0 Å². The third-order valence-electron chi connectivity index (χ3n) is 3.91. The van der Waals surface area contributed by atoms with Gasteiger partial charge in [0.25, 0.3) is 5.89 Å². The van der Waals surface area contributed by atoms with Gasteiger partial charge in [0.05, 0.1) is 4.90 Å². The molecule has 0 spiro atoms. The Morgan fingerprint density at radius 1 is 1.15 bits per heavy atom. The second-order valence-corrected chi connectivity index (χ2v) is 8.88. The van der Waals surface area contributed by atoms with Crippen molar-refractivity contribution in [2.45, 2.75) is 18.2 Å². The van der Waals surface area contributed by atoms with E-state index in [2.05, 4.69) is 26.1 Å². The van der Waals surface area contributed by atoms with Crippen molar-refractivity contribution in [3.8, 4) is 11.5 Å². The molecule has 26 heavy (non-hydrogen) atoms. The van der Waals surface area contributed by atoms with Crippen LogP contribution in [0.3, 0.4) is 0 Å². The predicted octanol–water partition coefficient (Wildman–Crippen LogP) is 3.67. The molecule has 0 amide bonds. The van der Waals surface area contributed by atoms with Crippen molar-refractivity contribution in [1.29, 1.82) is 0 Å². The van der Waals surface area contributed by atoms with Gasteiger partial charge in [0.15, 0.2) is 5.82 Å². The van der Waals surface area contributed by atoms with E-state index in [4.69, 9.17) is 4.52 Å². The molecule has 0 fully saturated rings. The van der Waals surface area contributed by atoms with Crippen molar-refractivity contribution in [2.75, 3.05) is 13.6 Å². The molecule has 1 heterocycles. The minimum absolute atomic E-state index is 0.247. The van der Waals surface area contributed by atoms with Crippen LogP contribution in [0, 0.1) is 6.92 Å². The van der Waals surface area contributed by atoms with E-state index in [1.54, 1.807) is 31.3 Å². The van der Waals surface area contributed by atoms with Crippen LogP contribution in [0.1, 0.15) is 11.4 Å². The smallest absolute Gasteiger partial charge is 0.257 e. The van der Waals surface area contributed by atoms with Gasteiger partial charge in [0.1, 0.15) is 0 Å². The van der Waals surface area contributed by atoms with Crippen LogP contribution in [-0.4, -0.2) is 36.5 Å². The summed E-state index contributed by atoms with van der Waals surface area (Å²) in [5.74, 6) is 0.904. The van der Waals surface area contributed by atoms with Gasteiger partial charge >= 0.3 is 0 Å². The maximum Gasteiger partial charge on any atom is 0.257 e. The lowest BCUT2D eigenvalue weighted by Crippen LogP contribution is -2.29. The molecule has 0 aliphatic heterocycles. The molecule has 0 aliphatic rings. The first kappa shape index (κ1) is 18.8. The van der Waals surface area contributed by atoms with Gasteiger partial charge in [-0.05, 0) is 43.3 Å². The van der Waals surface area contributed by atoms with Gasteiger partial charge in [0.2, 0.25) is 10.0 Å². The van der Waals surface area contributed by atoms with Crippen molar-refractivity contribution < 1.29 is 12.9 Å². The van der Waals surface area contributed by atoms with E-state index in [-0.39, 0.29) is 11.4 Å². The fraction of sp³-hybridized carbons (Fsp3) is 0.222. The maximum absolute atomic E-state index is 12.6. The summed E-state index contributed by atoms with van der Waals surface area (Å²) >= 11 is 3.30. The molecule has 0 radical (unpaired) electrons. The van der Waals surface area contributed by atoms with Gasteiger partial charge in [0, 0.05) is 30.0 Å². The summed E-state index contributed by atoms with van der Waals surface area (Å²) in [5.41, 5.74) is 1.95. The van der Waals surface area contributed by atoms with Gasteiger partial charge in [-0.1, -0.05) is 38.8 Å². The average molecular weight is 436 g/mol. The Bertz CT molecular complexity index is 1000. The molecule has 0 N–H and O–H groups in total. The quantitative estimate of drug-likeness (QED) is 0.590. The van der Waals surface area contributed by atoms with Crippen LogP contribution in [0.15, 0.2) is 62.4 Å². The molecule has 0 atom stereocenters. The number of nitrogens with zero attached hydrogens (tertiary/aromatic N) is 3. The van der Waals surface area contributed by atoms with Crippen molar-refractivity contribution in [1.82, 2.24) is 14.4 Å². The first-order valence-electron chi connectivity index (χ1n) is 7.98. The SMILES string of the molecule is Cc1cccc(-c2nc(CCN(C)S(=O)(=O)c3ccc(Br)cc3)no2)c1.